The van der Waals surface area contributed by atoms with Gasteiger partial charge in [-0.05, 0) is 30.4 Å². The van der Waals surface area contributed by atoms with Gasteiger partial charge in [0.1, 0.15) is 13.1 Å². The minimum absolute atomic E-state index is 0.0236. The van der Waals surface area contributed by atoms with Gasteiger partial charge >= 0.3 is 7.60 Å². The Bertz CT molecular complexity index is 788. The first-order valence-corrected chi connectivity index (χ1v) is 14.3. The molecule has 2 aromatic heterocycles. The van der Waals surface area contributed by atoms with Gasteiger partial charge in [0.25, 0.3) is 0 Å². The van der Waals surface area contributed by atoms with E-state index >= 15 is 0 Å². The minimum Gasteiger partial charge on any atom is -0.324 e. The van der Waals surface area contributed by atoms with Gasteiger partial charge in [0, 0.05) is 43.3 Å². The number of aromatic nitrogens is 2. The van der Waals surface area contributed by atoms with Crippen molar-refractivity contribution in [3.05, 3.63) is 49.1 Å². The lowest BCUT2D eigenvalue weighted by atomic mass is 10.1. The molecule has 0 fully saturated rings. The van der Waals surface area contributed by atoms with Crippen molar-refractivity contribution in [2.24, 2.45) is 0 Å². The molecule has 0 unspecified atom stereocenters. The summed E-state index contributed by atoms with van der Waals surface area (Å²) in [5.41, 5.74) is 2.50. The average molecular weight is 463 g/mol. The lowest BCUT2D eigenvalue weighted by Gasteiger charge is -2.04. The standard InChI is InChI=1S/C26H41N2O3P/c1-2-3-4-5-8-11-18-27-20-14-25(15-21-27)26-16-22-28(23-17-26)19-12-9-6-7-10-13-24-32(29,30)31/h14-17,20-23H,2-13,18-19,24H2,1H3/p+2. The van der Waals surface area contributed by atoms with E-state index in [4.69, 9.17) is 9.79 Å². The molecule has 0 bridgehead atoms. The molecule has 0 aliphatic heterocycles. The van der Waals surface area contributed by atoms with Crippen LogP contribution in [0.15, 0.2) is 49.1 Å². The lowest BCUT2D eigenvalue weighted by Crippen LogP contribution is -2.33. The molecule has 2 aromatic rings. The van der Waals surface area contributed by atoms with Crippen LogP contribution in [0.1, 0.15) is 84.0 Å². The largest absolute Gasteiger partial charge is 0.325 e. The number of unbranched alkanes of at least 4 members (excludes halogenated alkanes) is 10. The molecular formula is C26H43N2O3P+2. The van der Waals surface area contributed by atoms with Crippen molar-refractivity contribution in [3.8, 4) is 11.1 Å². The third-order valence-corrected chi connectivity index (χ3v) is 6.90. The predicted molar refractivity (Wildman–Crippen MR) is 130 cm³/mol. The van der Waals surface area contributed by atoms with Crippen molar-refractivity contribution in [1.82, 2.24) is 0 Å². The smallest absolute Gasteiger partial charge is 0.324 e. The molecule has 2 rings (SSSR count). The molecule has 32 heavy (non-hydrogen) atoms. The topological polar surface area (TPSA) is 65.3 Å². The number of nitrogens with zero attached hydrogens (tertiary/aromatic N) is 2. The SMILES string of the molecule is CCCCCCCC[n+]1ccc(-c2cc[n+](CCCCCCCCP(=O)(O)O)cc2)cc1. The zero-order valence-electron chi connectivity index (χ0n) is 19.9. The Balaban J connectivity index is 1.63. The van der Waals surface area contributed by atoms with Gasteiger partial charge in [-0.15, -0.1) is 0 Å². The molecule has 6 heteroatoms. The van der Waals surface area contributed by atoms with Crippen LogP contribution >= 0.6 is 7.60 Å². The molecule has 5 nitrogen and oxygen atoms in total. The molecule has 0 spiro atoms. The Morgan fingerprint density at radius 2 is 1.00 bits per heavy atom. The van der Waals surface area contributed by atoms with E-state index in [1.165, 1.54) is 49.7 Å². The van der Waals surface area contributed by atoms with Crippen LogP contribution in [-0.4, -0.2) is 15.9 Å². The average Bonchev–Trinajstić information content (AvgIpc) is 2.78. The van der Waals surface area contributed by atoms with E-state index < -0.39 is 7.60 Å². The van der Waals surface area contributed by atoms with Crippen molar-refractivity contribution in [2.75, 3.05) is 6.16 Å². The predicted octanol–water partition coefficient (Wildman–Crippen LogP) is 5.81. The van der Waals surface area contributed by atoms with Gasteiger partial charge in [0.2, 0.25) is 0 Å². The fraction of sp³-hybridized carbons (Fsp3) is 0.615. The maximum absolute atomic E-state index is 10.8. The molecule has 0 atom stereocenters. The van der Waals surface area contributed by atoms with Gasteiger partial charge in [0.05, 0.1) is 0 Å². The van der Waals surface area contributed by atoms with Crippen LogP contribution in [0.5, 0.6) is 0 Å². The Hall–Kier alpha value is -1.55. The van der Waals surface area contributed by atoms with Crippen LogP contribution in [0.2, 0.25) is 0 Å². The minimum atomic E-state index is -3.81. The maximum atomic E-state index is 10.8. The summed E-state index contributed by atoms with van der Waals surface area (Å²) in [6, 6.07) is 8.80. The zero-order chi connectivity index (χ0) is 23.1. The summed E-state index contributed by atoms with van der Waals surface area (Å²) < 4.78 is 15.3. The quantitative estimate of drug-likeness (QED) is 0.177. The van der Waals surface area contributed by atoms with Gasteiger partial charge in [-0.25, -0.2) is 9.13 Å². The lowest BCUT2D eigenvalue weighted by molar-refractivity contribution is -0.697. The Labute approximate surface area is 194 Å². The van der Waals surface area contributed by atoms with E-state index in [2.05, 4.69) is 65.1 Å². The number of hydrogen-bond acceptors (Lipinski definition) is 1. The van der Waals surface area contributed by atoms with E-state index in [1.54, 1.807) is 0 Å². The summed E-state index contributed by atoms with van der Waals surface area (Å²) in [4.78, 5) is 17.7. The highest BCUT2D eigenvalue weighted by Crippen LogP contribution is 2.35. The molecule has 2 N–H and O–H groups in total. The molecule has 0 amide bonds. The van der Waals surface area contributed by atoms with E-state index in [1.807, 2.05) is 0 Å². The molecular weight excluding hydrogens is 419 g/mol. The molecule has 0 saturated carbocycles. The molecule has 0 radical (unpaired) electrons. The van der Waals surface area contributed by atoms with E-state index in [0.29, 0.717) is 6.42 Å². The molecule has 2 heterocycles. The number of pyridine rings is 2. The van der Waals surface area contributed by atoms with Gasteiger partial charge in [0.15, 0.2) is 24.8 Å². The van der Waals surface area contributed by atoms with E-state index in [-0.39, 0.29) is 6.16 Å². The van der Waals surface area contributed by atoms with Crippen LogP contribution in [-0.2, 0) is 17.7 Å². The van der Waals surface area contributed by atoms with Crippen molar-refractivity contribution in [2.45, 2.75) is 97.1 Å². The molecule has 0 saturated heterocycles. The fourth-order valence-corrected chi connectivity index (χ4v) is 4.63. The summed E-state index contributed by atoms with van der Waals surface area (Å²) >= 11 is 0. The monoisotopic (exact) mass is 462 g/mol. The van der Waals surface area contributed by atoms with Crippen molar-refractivity contribution in [1.29, 1.82) is 0 Å². The third kappa shape index (κ3) is 11.9. The second-order valence-corrected chi connectivity index (χ2v) is 10.7. The van der Waals surface area contributed by atoms with Crippen molar-refractivity contribution < 1.29 is 23.5 Å². The summed E-state index contributed by atoms with van der Waals surface area (Å²) in [6.07, 6.45) is 22.7. The highest BCUT2D eigenvalue weighted by atomic mass is 31.2. The first kappa shape index (κ1) is 26.7. The van der Waals surface area contributed by atoms with Crippen LogP contribution < -0.4 is 9.13 Å². The first-order chi connectivity index (χ1) is 15.5. The normalized spacial score (nSPS) is 11.7. The molecule has 0 aliphatic carbocycles. The van der Waals surface area contributed by atoms with Crippen LogP contribution in [0.4, 0.5) is 0 Å². The highest BCUT2D eigenvalue weighted by molar-refractivity contribution is 7.51. The summed E-state index contributed by atoms with van der Waals surface area (Å²) in [5, 5.41) is 0. The van der Waals surface area contributed by atoms with Gasteiger partial charge < -0.3 is 9.79 Å². The highest BCUT2D eigenvalue weighted by Gasteiger charge is 2.11. The number of rotatable bonds is 17. The molecule has 0 aromatic carbocycles. The fourth-order valence-electron chi connectivity index (χ4n) is 3.99. The Morgan fingerprint density at radius 1 is 0.625 bits per heavy atom. The summed E-state index contributed by atoms with van der Waals surface area (Å²) in [6.45, 7) is 4.37. The number of hydrogen-bond donors (Lipinski definition) is 2. The third-order valence-electron chi connectivity index (χ3n) is 6.00. The van der Waals surface area contributed by atoms with E-state index in [0.717, 1.165) is 45.2 Å². The Morgan fingerprint density at radius 3 is 1.41 bits per heavy atom. The molecule has 178 valence electrons. The van der Waals surface area contributed by atoms with Gasteiger partial charge in [-0.3, -0.25) is 4.57 Å². The summed E-state index contributed by atoms with van der Waals surface area (Å²) in [5.74, 6) is 0. The van der Waals surface area contributed by atoms with Crippen LogP contribution in [0.3, 0.4) is 0 Å². The van der Waals surface area contributed by atoms with Gasteiger partial charge in [-0.2, -0.15) is 0 Å². The van der Waals surface area contributed by atoms with Crippen molar-refractivity contribution in [3.63, 3.8) is 0 Å². The second-order valence-electron chi connectivity index (χ2n) is 8.93. The zero-order valence-corrected chi connectivity index (χ0v) is 20.8. The maximum Gasteiger partial charge on any atom is 0.325 e. The first-order valence-electron chi connectivity index (χ1n) is 12.5. The van der Waals surface area contributed by atoms with Crippen LogP contribution in [0.25, 0.3) is 11.1 Å². The summed E-state index contributed by atoms with van der Waals surface area (Å²) in [7, 11) is -3.81. The van der Waals surface area contributed by atoms with E-state index in [9.17, 15) is 4.57 Å². The second kappa shape index (κ2) is 15.3. The van der Waals surface area contributed by atoms with Gasteiger partial charge in [-0.1, -0.05) is 51.9 Å². The van der Waals surface area contributed by atoms with Crippen LogP contribution in [0, 0.1) is 0 Å². The molecule has 0 aliphatic rings. The van der Waals surface area contributed by atoms with Crippen molar-refractivity contribution >= 4 is 7.60 Å². The Kier molecular flexibility index (Phi) is 12.8. The number of aryl methyl sites for hydroxylation is 2.